The Hall–Kier alpha value is -2.42. The predicted octanol–water partition coefficient (Wildman–Crippen LogP) is 3.62. The van der Waals surface area contributed by atoms with E-state index in [2.05, 4.69) is 28.3 Å². The Morgan fingerprint density at radius 2 is 2.17 bits per heavy atom. The number of rotatable bonds is 4. The molecule has 1 N–H and O–H groups in total. The van der Waals surface area contributed by atoms with Crippen LogP contribution in [0.3, 0.4) is 0 Å². The fraction of sp³-hybridized carbons (Fsp3) is 0.0667. The topological polar surface area (TPSA) is 41.6 Å². The lowest BCUT2D eigenvalue weighted by Gasteiger charge is -1.94. The fourth-order valence-electron chi connectivity index (χ4n) is 1.48. The normalized spacial score (nSPS) is 10.7. The minimum Gasteiger partial charge on any atom is -0.277 e. The smallest absolute Gasteiger partial charge is 0.0921 e. The van der Waals surface area contributed by atoms with E-state index >= 15 is 0 Å². The van der Waals surface area contributed by atoms with Crippen molar-refractivity contribution in [3.05, 3.63) is 67.2 Å². The molecule has 0 saturated heterocycles. The highest BCUT2D eigenvalue weighted by atomic mass is 15.1. The molecule has 0 atom stereocenters. The molecule has 0 aromatic carbocycles. The van der Waals surface area contributed by atoms with Crippen LogP contribution in [0.1, 0.15) is 12.6 Å². The minimum absolute atomic E-state index is 0.825. The van der Waals surface area contributed by atoms with E-state index in [4.69, 9.17) is 0 Å². The molecule has 90 valence electrons. The minimum atomic E-state index is 0.825. The summed E-state index contributed by atoms with van der Waals surface area (Å²) >= 11 is 0. The van der Waals surface area contributed by atoms with Gasteiger partial charge in [-0.3, -0.25) is 10.1 Å². The molecule has 2 heterocycles. The van der Waals surface area contributed by atoms with E-state index in [1.165, 1.54) is 0 Å². The number of H-pyrrole nitrogens is 1. The van der Waals surface area contributed by atoms with Crippen LogP contribution in [0.5, 0.6) is 0 Å². The highest BCUT2D eigenvalue weighted by molar-refractivity contribution is 5.73. The standard InChI is InChI=1S/C15H15N3/c1-11(2)6-7-12(3)14-9-15(18-17-14)13-5-4-8-16-10-13/h4-10H,1,3H2,2H3,(H,17,18)/b7-6-. The third kappa shape index (κ3) is 2.83. The van der Waals surface area contributed by atoms with Gasteiger partial charge in [-0.25, -0.2) is 0 Å². The van der Waals surface area contributed by atoms with Crippen molar-refractivity contribution >= 4 is 5.57 Å². The molecule has 0 radical (unpaired) electrons. The second-order valence-electron chi connectivity index (χ2n) is 4.11. The van der Waals surface area contributed by atoms with Gasteiger partial charge in [0.2, 0.25) is 0 Å². The second kappa shape index (κ2) is 5.27. The maximum Gasteiger partial charge on any atom is 0.0921 e. The largest absolute Gasteiger partial charge is 0.277 e. The quantitative estimate of drug-likeness (QED) is 0.825. The van der Waals surface area contributed by atoms with Crippen molar-refractivity contribution in [1.29, 1.82) is 0 Å². The summed E-state index contributed by atoms with van der Waals surface area (Å²) in [4.78, 5) is 4.08. The van der Waals surface area contributed by atoms with Crippen LogP contribution in [0.15, 0.2) is 61.5 Å². The Morgan fingerprint density at radius 3 is 2.83 bits per heavy atom. The average Bonchev–Trinajstić information content (AvgIpc) is 2.86. The summed E-state index contributed by atoms with van der Waals surface area (Å²) in [6.45, 7) is 9.73. The van der Waals surface area contributed by atoms with Crippen molar-refractivity contribution in [2.24, 2.45) is 0 Å². The van der Waals surface area contributed by atoms with Crippen molar-refractivity contribution in [1.82, 2.24) is 15.2 Å². The molecule has 2 rings (SSSR count). The van der Waals surface area contributed by atoms with Gasteiger partial charge in [0.1, 0.15) is 0 Å². The zero-order chi connectivity index (χ0) is 13.0. The Morgan fingerprint density at radius 1 is 1.33 bits per heavy atom. The van der Waals surface area contributed by atoms with Crippen molar-refractivity contribution in [3.8, 4) is 11.3 Å². The van der Waals surface area contributed by atoms with Gasteiger partial charge in [0, 0.05) is 18.0 Å². The SMILES string of the molecule is C=C(C)/C=C\C(=C)c1cc(-c2cccnc2)[nH]n1. The van der Waals surface area contributed by atoms with Gasteiger partial charge >= 0.3 is 0 Å². The number of aromatic amines is 1. The third-order valence-corrected chi connectivity index (χ3v) is 2.45. The number of hydrogen-bond donors (Lipinski definition) is 1. The molecule has 0 aliphatic heterocycles. The lowest BCUT2D eigenvalue weighted by Crippen LogP contribution is -1.78. The maximum atomic E-state index is 4.24. The van der Waals surface area contributed by atoms with Crippen LogP contribution in [-0.4, -0.2) is 15.2 Å². The third-order valence-electron chi connectivity index (χ3n) is 2.45. The zero-order valence-electron chi connectivity index (χ0n) is 10.4. The summed E-state index contributed by atoms with van der Waals surface area (Å²) in [6.07, 6.45) is 7.37. The van der Waals surface area contributed by atoms with E-state index < -0.39 is 0 Å². The molecule has 0 fully saturated rings. The van der Waals surface area contributed by atoms with E-state index in [9.17, 15) is 0 Å². The molecule has 0 aliphatic rings. The summed E-state index contributed by atoms with van der Waals surface area (Å²) in [5.74, 6) is 0. The first kappa shape index (κ1) is 12.0. The first-order valence-corrected chi connectivity index (χ1v) is 5.65. The van der Waals surface area contributed by atoms with E-state index in [0.717, 1.165) is 28.1 Å². The van der Waals surface area contributed by atoms with Crippen LogP contribution in [-0.2, 0) is 0 Å². The van der Waals surface area contributed by atoms with Gasteiger partial charge < -0.3 is 0 Å². The van der Waals surface area contributed by atoms with Gasteiger partial charge in [0.15, 0.2) is 0 Å². The lowest BCUT2D eigenvalue weighted by molar-refractivity contribution is 1.08. The second-order valence-corrected chi connectivity index (χ2v) is 4.11. The summed E-state index contributed by atoms with van der Waals surface area (Å²) in [5, 5.41) is 7.22. The first-order chi connectivity index (χ1) is 8.66. The highest BCUT2D eigenvalue weighted by Gasteiger charge is 2.04. The van der Waals surface area contributed by atoms with Crippen LogP contribution in [0.2, 0.25) is 0 Å². The molecular formula is C15H15N3. The number of nitrogens with zero attached hydrogens (tertiary/aromatic N) is 2. The molecule has 2 aromatic rings. The molecular weight excluding hydrogens is 222 g/mol. The van der Waals surface area contributed by atoms with Crippen molar-refractivity contribution in [3.63, 3.8) is 0 Å². The molecule has 0 saturated carbocycles. The molecule has 0 amide bonds. The molecule has 2 aromatic heterocycles. The number of pyridine rings is 1. The van der Waals surface area contributed by atoms with Crippen LogP contribution in [0.25, 0.3) is 16.8 Å². The zero-order valence-corrected chi connectivity index (χ0v) is 10.4. The number of aromatic nitrogens is 3. The van der Waals surface area contributed by atoms with Crippen LogP contribution < -0.4 is 0 Å². The average molecular weight is 237 g/mol. The molecule has 0 bridgehead atoms. The monoisotopic (exact) mass is 237 g/mol. The molecule has 18 heavy (non-hydrogen) atoms. The number of nitrogens with one attached hydrogen (secondary N) is 1. The summed E-state index contributed by atoms with van der Waals surface area (Å²) in [6, 6.07) is 5.84. The Balaban J connectivity index is 2.21. The summed E-state index contributed by atoms with van der Waals surface area (Å²) in [5.41, 5.74) is 4.60. The fourth-order valence-corrected chi connectivity index (χ4v) is 1.48. The van der Waals surface area contributed by atoms with Crippen LogP contribution >= 0.6 is 0 Å². The van der Waals surface area contributed by atoms with Gasteiger partial charge in [-0.15, -0.1) is 0 Å². The van der Waals surface area contributed by atoms with Crippen LogP contribution in [0, 0.1) is 0 Å². The molecule has 0 unspecified atom stereocenters. The van der Waals surface area contributed by atoms with E-state index in [-0.39, 0.29) is 0 Å². The predicted molar refractivity (Wildman–Crippen MR) is 74.8 cm³/mol. The van der Waals surface area contributed by atoms with Gasteiger partial charge in [-0.1, -0.05) is 30.9 Å². The Kier molecular flexibility index (Phi) is 3.53. The van der Waals surface area contributed by atoms with Crippen LogP contribution in [0.4, 0.5) is 0 Å². The Labute approximate surface area is 107 Å². The molecule has 0 aliphatic carbocycles. The molecule has 0 spiro atoms. The summed E-state index contributed by atoms with van der Waals surface area (Å²) < 4.78 is 0. The van der Waals surface area contributed by atoms with E-state index in [1.54, 1.807) is 12.4 Å². The number of allylic oxidation sites excluding steroid dienone is 4. The van der Waals surface area contributed by atoms with Crippen molar-refractivity contribution in [2.75, 3.05) is 0 Å². The van der Waals surface area contributed by atoms with Gasteiger partial charge in [0.25, 0.3) is 0 Å². The molecule has 3 heteroatoms. The van der Waals surface area contributed by atoms with E-state index in [0.29, 0.717) is 0 Å². The summed E-state index contributed by atoms with van der Waals surface area (Å²) in [7, 11) is 0. The van der Waals surface area contributed by atoms with Crippen molar-refractivity contribution < 1.29 is 0 Å². The lowest BCUT2D eigenvalue weighted by atomic mass is 10.1. The van der Waals surface area contributed by atoms with E-state index in [1.807, 2.05) is 37.3 Å². The number of hydrogen-bond acceptors (Lipinski definition) is 2. The highest BCUT2D eigenvalue weighted by Crippen LogP contribution is 2.20. The van der Waals surface area contributed by atoms with Gasteiger partial charge in [-0.05, 0) is 30.7 Å². The first-order valence-electron chi connectivity index (χ1n) is 5.65. The van der Waals surface area contributed by atoms with Gasteiger partial charge in [-0.2, -0.15) is 5.10 Å². The molecule has 3 nitrogen and oxygen atoms in total. The maximum absolute atomic E-state index is 4.24. The van der Waals surface area contributed by atoms with Crippen molar-refractivity contribution in [2.45, 2.75) is 6.92 Å². The van der Waals surface area contributed by atoms with Gasteiger partial charge in [0.05, 0.1) is 11.4 Å². The Bertz CT molecular complexity index is 591.